The molecule has 0 saturated heterocycles. The van der Waals surface area contributed by atoms with E-state index in [2.05, 4.69) is 34.9 Å². The lowest BCUT2D eigenvalue weighted by molar-refractivity contribution is -0.142. The van der Waals surface area contributed by atoms with Crippen LogP contribution in [0.5, 0.6) is 0 Å². The number of unbranched alkanes of at least 4 members (excludes halogenated alkanes) is 1. The molecule has 3 N–H and O–H groups in total. The van der Waals surface area contributed by atoms with Gasteiger partial charge >= 0.3 is 12.1 Å². The summed E-state index contributed by atoms with van der Waals surface area (Å²) in [4.78, 5) is 35.3. The molecule has 0 spiro atoms. The number of aliphatic carboxylic acids is 1. The first-order valence-electron chi connectivity index (χ1n) is 11.2. The van der Waals surface area contributed by atoms with Gasteiger partial charge in [-0.25, -0.2) is 9.59 Å². The molecule has 7 nitrogen and oxygen atoms in total. The molecular weight excluding hydrogens is 408 g/mol. The molecule has 1 unspecified atom stereocenters. The van der Waals surface area contributed by atoms with Crippen LogP contribution in [0.4, 0.5) is 4.79 Å². The average molecular weight is 437 g/mol. The molecule has 2 aromatic rings. The van der Waals surface area contributed by atoms with E-state index in [0.717, 1.165) is 12.8 Å². The highest BCUT2D eigenvalue weighted by Crippen LogP contribution is 2.44. The fourth-order valence-corrected chi connectivity index (χ4v) is 4.31. The summed E-state index contributed by atoms with van der Waals surface area (Å²) in [6, 6.07) is 15.6. The third-order valence-corrected chi connectivity index (χ3v) is 6.12. The molecule has 0 heterocycles. The van der Waals surface area contributed by atoms with Gasteiger partial charge in [-0.2, -0.15) is 0 Å². The van der Waals surface area contributed by atoms with Crippen LogP contribution in [0.1, 0.15) is 49.1 Å². The second kappa shape index (κ2) is 9.85. The molecule has 0 aromatic heterocycles. The van der Waals surface area contributed by atoms with E-state index in [1.54, 1.807) is 0 Å². The Labute approximate surface area is 187 Å². The van der Waals surface area contributed by atoms with Crippen LogP contribution in [0.3, 0.4) is 0 Å². The minimum Gasteiger partial charge on any atom is -0.480 e. The van der Waals surface area contributed by atoms with E-state index < -0.39 is 18.1 Å². The lowest BCUT2D eigenvalue weighted by atomic mass is 9.98. The summed E-state index contributed by atoms with van der Waals surface area (Å²) in [5.74, 6) is -1.15. The molecule has 32 heavy (non-hydrogen) atoms. The molecule has 0 radical (unpaired) electrons. The zero-order chi connectivity index (χ0) is 22.5. The lowest BCUT2D eigenvalue weighted by Gasteiger charge is -2.15. The summed E-state index contributed by atoms with van der Waals surface area (Å²) in [6.07, 6.45) is 2.63. The fraction of sp³-hybridized carbons (Fsp3) is 0.400. The van der Waals surface area contributed by atoms with Crippen molar-refractivity contribution in [2.75, 3.05) is 13.2 Å². The number of fused-ring (bicyclic) bond motifs is 3. The predicted octanol–water partition coefficient (Wildman–Crippen LogP) is 3.67. The van der Waals surface area contributed by atoms with E-state index in [1.165, 1.54) is 22.3 Å². The molecule has 1 saturated carbocycles. The Balaban J connectivity index is 1.16. The third-order valence-electron chi connectivity index (χ3n) is 6.12. The number of hydrogen-bond donors (Lipinski definition) is 3. The molecule has 2 aliphatic rings. The number of carboxylic acid groups (broad SMARTS) is 1. The topological polar surface area (TPSA) is 105 Å². The van der Waals surface area contributed by atoms with E-state index in [-0.39, 0.29) is 30.8 Å². The fourth-order valence-electron chi connectivity index (χ4n) is 4.31. The number of ether oxygens (including phenoxy) is 1. The molecule has 168 valence electrons. The second-order valence-electron chi connectivity index (χ2n) is 8.43. The van der Waals surface area contributed by atoms with E-state index in [4.69, 9.17) is 9.84 Å². The van der Waals surface area contributed by atoms with Crippen molar-refractivity contribution in [3.05, 3.63) is 59.7 Å². The first-order valence-corrected chi connectivity index (χ1v) is 11.2. The van der Waals surface area contributed by atoms with E-state index in [9.17, 15) is 14.4 Å². The van der Waals surface area contributed by atoms with Crippen LogP contribution in [0.2, 0.25) is 0 Å². The van der Waals surface area contributed by atoms with Gasteiger partial charge in [0.05, 0.1) is 0 Å². The Bertz CT molecular complexity index is 956. The Morgan fingerprint density at radius 1 is 0.969 bits per heavy atom. The molecule has 1 atom stereocenters. The summed E-state index contributed by atoms with van der Waals surface area (Å²) in [5.41, 5.74) is 4.70. The summed E-state index contributed by atoms with van der Waals surface area (Å²) >= 11 is 0. The zero-order valence-corrected chi connectivity index (χ0v) is 17.9. The largest absolute Gasteiger partial charge is 0.480 e. The number of nitrogens with one attached hydrogen (secondary N) is 2. The number of rotatable bonds is 10. The molecular formula is C25H28N2O5. The van der Waals surface area contributed by atoms with E-state index in [0.29, 0.717) is 19.4 Å². The van der Waals surface area contributed by atoms with Crippen molar-refractivity contribution in [3.8, 4) is 11.1 Å². The number of carbonyl (C=O) groups is 3. The van der Waals surface area contributed by atoms with Crippen LogP contribution in [0.15, 0.2) is 48.5 Å². The lowest BCUT2D eigenvalue weighted by Crippen LogP contribution is -2.42. The number of benzene rings is 2. The number of hydrogen-bond acceptors (Lipinski definition) is 4. The van der Waals surface area contributed by atoms with Crippen LogP contribution in [-0.4, -0.2) is 42.3 Å². The van der Waals surface area contributed by atoms with Crippen molar-refractivity contribution in [3.63, 3.8) is 0 Å². The van der Waals surface area contributed by atoms with Crippen LogP contribution < -0.4 is 10.6 Å². The Morgan fingerprint density at radius 3 is 2.19 bits per heavy atom. The Kier molecular flexibility index (Phi) is 6.73. The maximum absolute atomic E-state index is 12.1. The van der Waals surface area contributed by atoms with Gasteiger partial charge in [0.15, 0.2) is 0 Å². The van der Waals surface area contributed by atoms with Gasteiger partial charge in [0.2, 0.25) is 5.91 Å². The normalized spacial score (nSPS) is 15.4. The summed E-state index contributed by atoms with van der Waals surface area (Å²) in [7, 11) is 0. The summed E-state index contributed by atoms with van der Waals surface area (Å²) < 4.78 is 5.49. The van der Waals surface area contributed by atoms with Gasteiger partial charge in [-0.05, 0) is 53.9 Å². The average Bonchev–Trinajstić information content (AvgIpc) is 3.58. The van der Waals surface area contributed by atoms with Crippen LogP contribution >= 0.6 is 0 Å². The highest BCUT2D eigenvalue weighted by atomic mass is 16.5. The maximum Gasteiger partial charge on any atom is 0.407 e. The molecule has 2 amide bonds. The first-order chi connectivity index (χ1) is 15.5. The minimum atomic E-state index is -0.974. The summed E-state index contributed by atoms with van der Waals surface area (Å²) in [6.45, 7) is 0.662. The smallest absolute Gasteiger partial charge is 0.407 e. The highest BCUT2D eigenvalue weighted by molar-refractivity contribution is 5.84. The maximum atomic E-state index is 12.1. The number of carbonyl (C=O) groups excluding carboxylic acids is 2. The van der Waals surface area contributed by atoms with Gasteiger partial charge in [-0.1, -0.05) is 48.5 Å². The third kappa shape index (κ3) is 5.10. The van der Waals surface area contributed by atoms with E-state index >= 15 is 0 Å². The monoisotopic (exact) mass is 436 g/mol. The van der Waals surface area contributed by atoms with Gasteiger partial charge in [0.25, 0.3) is 0 Å². The van der Waals surface area contributed by atoms with Gasteiger partial charge in [-0.3, -0.25) is 4.79 Å². The Morgan fingerprint density at radius 2 is 1.59 bits per heavy atom. The minimum absolute atomic E-state index is 0.0190. The summed E-state index contributed by atoms with van der Waals surface area (Å²) in [5, 5.41) is 14.5. The SMILES string of the molecule is O=C(CCCCNC(=O)OCC1c2ccccc2-c2ccccc21)NC(C(=O)O)C1CC1. The number of amides is 2. The van der Waals surface area contributed by atoms with Crippen molar-refractivity contribution < 1.29 is 24.2 Å². The van der Waals surface area contributed by atoms with Crippen LogP contribution in [-0.2, 0) is 14.3 Å². The standard InChI is InChI=1S/C25H28N2O5/c28-22(27-23(24(29)30)16-12-13-16)11-5-6-14-26-25(31)32-15-21-19-9-3-1-7-17(19)18-8-2-4-10-20(18)21/h1-4,7-10,16,21,23H,5-6,11-15H2,(H,26,31)(H,27,28)(H,29,30). The zero-order valence-electron chi connectivity index (χ0n) is 17.9. The van der Waals surface area contributed by atoms with Crippen molar-refractivity contribution in [1.29, 1.82) is 0 Å². The second-order valence-corrected chi connectivity index (χ2v) is 8.43. The van der Waals surface area contributed by atoms with Crippen molar-refractivity contribution in [2.45, 2.75) is 44.1 Å². The highest BCUT2D eigenvalue weighted by Gasteiger charge is 2.37. The Hall–Kier alpha value is -3.35. The molecule has 7 heteroatoms. The van der Waals surface area contributed by atoms with Gasteiger partial charge < -0.3 is 20.5 Å². The molecule has 2 aromatic carbocycles. The van der Waals surface area contributed by atoms with Gasteiger partial charge in [0.1, 0.15) is 12.6 Å². The molecule has 0 aliphatic heterocycles. The van der Waals surface area contributed by atoms with Crippen molar-refractivity contribution in [1.82, 2.24) is 10.6 Å². The number of carboxylic acids is 1. The van der Waals surface area contributed by atoms with Crippen molar-refractivity contribution >= 4 is 18.0 Å². The number of alkyl carbamates (subject to hydrolysis) is 1. The van der Waals surface area contributed by atoms with Crippen LogP contribution in [0.25, 0.3) is 11.1 Å². The van der Waals surface area contributed by atoms with Gasteiger partial charge in [0, 0.05) is 18.9 Å². The molecule has 2 aliphatic carbocycles. The van der Waals surface area contributed by atoms with Crippen molar-refractivity contribution in [2.24, 2.45) is 5.92 Å². The van der Waals surface area contributed by atoms with Gasteiger partial charge in [-0.15, -0.1) is 0 Å². The first kappa shape index (κ1) is 21.9. The quantitative estimate of drug-likeness (QED) is 0.493. The molecule has 4 rings (SSSR count). The van der Waals surface area contributed by atoms with Crippen LogP contribution in [0, 0.1) is 5.92 Å². The van der Waals surface area contributed by atoms with E-state index in [1.807, 2.05) is 24.3 Å². The molecule has 0 bridgehead atoms. The molecule has 1 fully saturated rings. The predicted molar refractivity (Wildman–Crippen MR) is 119 cm³/mol.